The van der Waals surface area contributed by atoms with E-state index >= 15 is 0 Å². The van der Waals surface area contributed by atoms with Crippen molar-refractivity contribution in [2.75, 3.05) is 26.2 Å². The van der Waals surface area contributed by atoms with Crippen LogP contribution in [-0.4, -0.2) is 52.8 Å². The molecule has 1 aliphatic rings. The van der Waals surface area contributed by atoms with Gasteiger partial charge in [0, 0.05) is 42.7 Å². The second-order valence-corrected chi connectivity index (χ2v) is 7.35. The van der Waals surface area contributed by atoms with Crippen molar-refractivity contribution in [2.24, 2.45) is 0 Å². The van der Waals surface area contributed by atoms with Crippen LogP contribution < -0.4 is 0 Å². The van der Waals surface area contributed by atoms with E-state index in [1.54, 1.807) is 15.2 Å². The van der Waals surface area contributed by atoms with Gasteiger partial charge in [-0.15, -0.1) is 11.3 Å². The molecular weight excluding hydrogens is 377 g/mol. The third-order valence-corrected chi connectivity index (χ3v) is 5.58. The highest BCUT2D eigenvalue weighted by atomic mass is 32.1. The number of piperazine rings is 1. The molecular formula is C21H18FN3O2S. The fourth-order valence-corrected chi connectivity index (χ4v) is 3.93. The number of thiazole rings is 1. The van der Waals surface area contributed by atoms with Crippen LogP contribution in [0.2, 0.25) is 0 Å². The molecule has 1 fully saturated rings. The molecule has 7 heteroatoms. The third-order valence-electron chi connectivity index (χ3n) is 4.69. The number of carbonyl (C=O) groups is 2. The smallest absolute Gasteiger partial charge is 0.273 e. The topological polar surface area (TPSA) is 53.5 Å². The van der Waals surface area contributed by atoms with E-state index in [0.717, 1.165) is 10.6 Å². The minimum Gasteiger partial charge on any atom is -0.335 e. The molecule has 0 aliphatic carbocycles. The molecule has 2 heterocycles. The molecule has 3 aromatic rings. The van der Waals surface area contributed by atoms with Gasteiger partial charge in [-0.3, -0.25) is 9.59 Å². The van der Waals surface area contributed by atoms with E-state index in [1.807, 2.05) is 30.3 Å². The van der Waals surface area contributed by atoms with Gasteiger partial charge in [0.2, 0.25) is 0 Å². The number of hydrogen-bond donors (Lipinski definition) is 0. The summed E-state index contributed by atoms with van der Waals surface area (Å²) >= 11 is 1.45. The fraction of sp³-hybridized carbons (Fsp3) is 0.190. The summed E-state index contributed by atoms with van der Waals surface area (Å²) in [6.07, 6.45) is 0. The molecule has 1 saturated heterocycles. The van der Waals surface area contributed by atoms with Crippen molar-refractivity contribution in [3.05, 3.63) is 77.1 Å². The first-order valence-electron chi connectivity index (χ1n) is 8.97. The molecule has 0 radical (unpaired) electrons. The number of amides is 2. The molecule has 5 nitrogen and oxygen atoms in total. The summed E-state index contributed by atoms with van der Waals surface area (Å²) in [6, 6.07) is 15.3. The van der Waals surface area contributed by atoms with Crippen molar-refractivity contribution in [1.82, 2.24) is 14.8 Å². The average molecular weight is 395 g/mol. The molecule has 1 aliphatic heterocycles. The molecule has 142 valence electrons. The second kappa shape index (κ2) is 7.90. The van der Waals surface area contributed by atoms with Gasteiger partial charge in [0.05, 0.1) is 0 Å². The Morgan fingerprint density at radius 1 is 0.857 bits per heavy atom. The zero-order valence-electron chi connectivity index (χ0n) is 15.0. The lowest BCUT2D eigenvalue weighted by atomic mass is 10.1. The van der Waals surface area contributed by atoms with E-state index in [2.05, 4.69) is 4.98 Å². The largest absolute Gasteiger partial charge is 0.335 e. The molecule has 0 unspecified atom stereocenters. The van der Waals surface area contributed by atoms with Crippen LogP contribution in [0.1, 0.15) is 20.8 Å². The zero-order chi connectivity index (χ0) is 19.5. The van der Waals surface area contributed by atoms with Gasteiger partial charge in [-0.05, 0) is 24.3 Å². The monoisotopic (exact) mass is 395 g/mol. The maximum atomic E-state index is 13.0. The van der Waals surface area contributed by atoms with E-state index < -0.39 is 0 Å². The highest BCUT2D eigenvalue weighted by Crippen LogP contribution is 2.24. The van der Waals surface area contributed by atoms with Gasteiger partial charge in [-0.2, -0.15) is 0 Å². The van der Waals surface area contributed by atoms with Gasteiger partial charge in [-0.25, -0.2) is 9.37 Å². The van der Waals surface area contributed by atoms with Crippen molar-refractivity contribution in [3.63, 3.8) is 0 Å². The summed E-state index contributed by atoms with van der Waals surface area (Å²) < 4.78 is 13.0. The quantitative estimate of drug-likeness (QED) is 0.682. The van der Waals surface area contributed by atoms with Crippen molar-refractivity contribution >= 4 is 23.2 Å². The summed E-state index contributed by atoms with van der Waals surface area (Å²) in [4.78, 5) is 33.1. The van der Waals surface area contributed by atoms with Crippen molar-refractivity contribution in [2.45, 2.75) is 0 Å². The van der Waals surface area contributed by atoms with Gasteiger partial charge in [0.15, 0.2) is 0 Å². The Hall–Kier alpha value is -3.06. The lowest BCUT2D eigenvalue weighted by Gasteiger charge is -2.34. The van der Waals surface area contributed by atoms with Gasteiger partial charge >= 0.3 is 0 Å². The summed E-state index contributed by atoms with van der Waals surface area (Å²) in [5, 5.41) is 2.59. The summed E-state index contributed by atoms with van der Waals surface area (Å²) in [5.41, 5.74) is 1.87. The molecule has 0 saturated carbocycles. The van der Waals surface area contributed by atoms with E-state index in [1.165, 1.54) is 35.6 Å². The Bertz CT molecular complexity index is 980. The molecule has 0 bridgehead atoms. The van der Waals surface area contributed by atoms with Crippen molar-refractivity contribution in [3.8, 4) is 10.6 Å². The lowest BCUT2D eigenvalue weighted by molar-refractivity contribution is 0.0533. The fourth-order valence-electron chi connectivity index (χ4n) is 3.13. The summed E-state index contributed by atoms with van der Waals surface area (Å²) in [6.45, 7) is 1.78. The van der Waals surface area contributed by atoms with Crippen LogP contribution in [0.3, 0.4) is 0 Å². The summed E-state index contributed by atoms with van der Waals surface area (Å²) in [5.74, 6) is -0.635. The van der Waals surface area contributed by atoms with Crippen LogP contribution >= 0.6 is 11.3 Å². The van der Waals surface area contributed by atoms with Gasteiger partial charge in [-0.1, -0.05) is 30.3 Å². The maximum absolute atomic E-state index is 13.0. The standard InChI is InChI=1S/C21H18FN3O2S/c22-17-8-6-16(7-9-17)20(26)24-10-12-25(13-11-24)21(27)18-14-28-19(23-18)15-4-2-1-3-5-15/h1-9,14H,10-13H2. The first-order valence-corrected chi connectivity index (χ1v) is 9.85. The van der Waals surface area contributed by atoms with Crippen LogP contribution in [0.15, 0.2) is 60.0 Å². The molecule has 1 aromatic heterocycles. The van der Waals surface area contributed by atoms with Crippen LogP contribution in [-0.2, 0) is 0 Å². The van der Waals surface area contributed by atoms with E-state index in [9.17, 15) is 14.0 Å². The average Bonchev–Trinajstić information content (AvgIpc) is 3.24. The predicted octanol–water partition coefficient (Wildman–Crippen LogP) is 3.55. The van der Waals surface area contributed by atoms with Gasteiger partial charge in [0.25, 0.3) is 11.8 Å². The molecule has 2 amide bonds. The number of halogens is 1. The third kappa shape index (κ3) is 3.80. The molecule has 2 aromatic carbocycles. The van der Waals surface area contributed by atoms with E-state index in [-0.39, 0.29) is 17.6 Å². The highest BCUT2D eigenvalue weighted by Gasteiger charge is 2.26. The SMILES string of the molecule is O=C(c1ccc(F)cc1)N1CCN(C(=O)c2csc(-c3ccccc3)n2)CC1. The van der Waals surface area contributed by atoms with Gasteiger partial charge in [0.1, 0.15) is 16.5 Å². The Labute approximate surface area is 166 Å². The number of hydrogen-bond acceptors (Lipinski definition) is 4. The number of rotatable bonds is 3. The van der Waals surface area contributed by atoms with Crippen LogP contribution in [0.25, 0.3) is 10.6 Å². The predicted molar refractivity (Wildman–Crippen MR) is 106 cm³/mol. The lowest BCUT2D eigenvalue weighted by Crippen LogP contribution is -2.50. The first-order chi connectivity index (χ1) is 13.6. The Balaban J connectivity index is 1.38. The minimum absolute atomic E-state index is 0.118. The molecule has 0 N–H and O–H groups in total. The Morgan fingerprint density at radius 2 is 1.46 bits per heavy atom. The summed E-state index contributed by atoms with van der Waals surface area (Å²) in [7, 11) is 0. The van der Waals surface area contributed by atoms with Crippen LogP contribution in [0.4, 0.5) is 4.39 Å². The molecule has 0 spiro atoms. The zero-order valence-corrected chi connectivity index (χ0v) is 15.9. The van der Waals surface area contributed by atoms with Crippen LogP contribution in [0, 0.1) is 5.82 Å². The second-order valence-electron chi connectivity index (χ2n) is 6.50. The normalized spacial score (nSPS) is 14.2. The van der Waals surface area contributed by atoms with Gasteiger partial charge < -0.3 is 9.80 Å². The molecule has 28 heavy (non-hydrogen) atoms. The molecule has 4 rings (SSSR count). The number of nitrogens with zero attached hydrogens (tertiary/aromatic N) is 3. The number of aromatic nitrogens is 1. The number of benzene rings is 2. The van der Waals surface area contributed by atoms with E-state index in [4.69, 9.17) is 0 Å². The number of carbonyl (C=O) groups excluding carboxylic acids is 2. The van der Waals surface area contributed by atoms with Crippen molar-refractivity contribution < 1.29 is 14.0 Å². The maximum Gasteiger partial charge on any atom is 0.273 e. The Morgan fingerprint density at radius 3 is 2.11 bits per heavy atom. The first kappa shape index (κ1) is 18.3. The molecule has 0 atom stereocenters. The minimum atomic E-state index is -0.370. The Kier molecular flexibility index (Phi) is 5.16. The van der Waals surface area contributed by atoms with E-state index in [0.29, 0.717) is 37.4 Å². The van der Waals surface area contributed by atoms with Crippen molar-refractivity contribution in [1.29, 1.82) is 0 Å². The van der Waals surface area contributed by atoms with Crippen LogP contribution in [0.5, 0.6) is 0 Å². The highest BCUT2D eigenvalue weighted by molar-refractivity contribution is 7.13.